The van der Waals surface area contributed by atoms with Crippen molar-refractivity contribution in [3.63, 3.8) is 0 Å². The summed E-state index contributed by atoms with van der Waals surface area (Å²) in [6.07, 6.45) is 2.35. The van der Waals surface area contributed by atoms with E-state index in [4.69, 9.17) is 9.15 Å². The van der Waals surface area contributed by atoms with Crippen LogP contribution in [0.5, 0.6) is 5.75 Å². The summed E-state index contributed by atoms with van der Waals surface area (Å²) in [6, 6.07) is 11.2. The number of carbonyl (C=O) groups is 1. The molecule has 1 unspecified atom stereocenters. The van der Waals surface area contributed by atoms with Crippen LogP contribution in [-0.2, 0) is 16.0 Å². The lowest BCUT2D eigenvalue weighted by molar-refractivity contribution is -0.154. The van der Waals surface area contributed by atoms with Gasteiger partial charge in [-0.05, 0) is 45.1 Å². The Labute approximate surface area is 159 Å². The summed E-state index contributed by atoms with van der Waals surface area (Å²) in [7, 11) is 0. The summed E-state index contributed by atoms with van der Waals surface area (Å²) in [6.45, 7) is 5.40. The van der Waals surface area contributed by atoms with Gasteiger partial charge in [0.15, 0.2) is 0 Å². The first-order valence-electron chi connectivity index (χ1n) is 9.37. The zero-order valence-corrected chi connectivity index (χ0v) is 16.0. The Morgan fingerprint density at radius 3 is 2.48 bits per heavy atom. The summed E-state index contributed by atoms with van der Waals surface area (Å²) in [5, 5.41) is 10.6. The standard InChI is InChI=1S/C22H26O5/c1-22(2,3)27-18(24)12-11-16-13-17(23)20(21(25)26-16)19(15-9-10-15)14-7-5-4-6-8-14/h4-8,13,15,19,23H,9-12H2,1-3H3. The molecule has 1 aliphatic rings. The third-order valence-electron chi connectivity index (χ3n) is 4.58. The maximum Gasteiger partial charge on any atom is 0.343 e. The molecule has 1 atom stereocenters. The first-order valence-corrected chi connectivity index (χ1v) is 9.37. The molecule has 27 heavy (non-hydrogen) atoms. The molecule has 1 N–H and O–H groups in total. The number of benzene rings is 1. The third kappa shape index (κ3) is 5.00. The van der Waals surface area contributed by atoms with Crippen molar-refractivity contribution in [2.45, 2.75) is 58.0 Å². The molecule has 3 rings (SSSR count). The Kier molecular flexibility index (Phi) is 5.40. The second-order valence-electron chi connectivity index (χ2n) is 8.11. The van der Waals surface area contributed by atoms with Crippen molar-refractivity contribution in [2.24, 2.45) is 5.92 Å². The number of rotatable bonds is 6. The molecular formula is C22H26O5. The van der Waals surface area contributed by atoms with Gasteiger partial charge in [-0.25, -0.2) is 4.79 Å². The fourth-order valence-corrected chi connectivity index (χ4v) is 3.33. The van der Waals surface area contributed by atoms with Crippen LogP contribution in [0.25, 0.3) is 0 Å². The molecule has 0 amide bonds. The normalized spacial score (nSPS) is 15.4. The second-order valence-corrected chi connectivity index (χ2v) is 8.11. The van der Waals surface area contributed by atoms with E-state index in [-0.39, 0.29) is 36.2 Å². The molecule has 1 aromatic carbocycles. The van der Waals surface area contributed by atoms with Gasteiger partial charge in [0.2, 0.25) is 0 Å². The van der Waals surface area contributed by atoms with Crippen LogP contribution in [-0.4, -0.2) is 16.7 Å². The van der Waals surface area contributed by atoms with E-state index in [1.807, 2.05) is 30.3 Å². The molecule has 0 radical (unpaired) electrons. The van der Waals surface area contributed by atoms with Gasteiger partial charge in [-0.15, -0.1) is 0 Å². The third-order valence-corrected chi connectivity index (χ3v) is 4.58. The van der Waals surface area contributed by atoms with Crippen molar-refractivity contribution in [3.8, 4) is 5.75 Å². The topological polar surface area (TPSA) is 76.7 Å². The molecule has 5 heteroatoms. The number of hydrogen-bond acceptors (Lipinski definition) is 5. The van der Waals surface area contributed by atoms with Crippen LogP contribution in [0.1, 0.15) is 62.8 Å². The van der Waals surface area contributed by atoms with Crippen LogP contribution in [0.15, 0.2) is 45.6 Å². The molecule has 5 nitrogen and oxygen atoms in total. The van der Waals surface area contributed by atoms with Crippen LogP contribution in [0, 0.1) is 5.92 Å². The zero-order chi connectivity index (χ0) is 19.6. The lowest BCUT2D eigenvalue weighted by atomic mass is 9.87. The van der Waals surface area contributed by atoms with Crippen molar-refractivity contribution in [2.75, 3.05) is 0 Å². The average molecular weight is 370 g/mol. The van der Waals surface area contributed by atoms with Gasteiger partial charge in [0.05, 0.1) is 12.0 Å². The Bertz CT molecular complexity index is 857. The minimum atomic E-state index is -0.558. The lowest BCUT2D eigenvalue weighted by Gasteiger charge is -2.19. The SMILES string of the molecule is CC(C)(C)OC(=O)CCc1cc(O)c(C(c2ccccc2)C2CC2)c(=O)o1. The Hall–Kier alpha value is -2.56. The molecule has 0 bridgehead atoms. The Morgan fingerprint density at radius 1 is 1.26 bits per heavy atom. The van der Waals surface area contributed by atoms with Crippen molar-refractivity contribution in [1.29, 1.82) is 0 Å². The first kappa shape index (κ1) is 19.2. The van der Waals surface area contributed by atoms with Crippen LogP contribution in [0.2, 0.25) is 0 Å². The number of hydrogen-bond donors (Lipinski definition) is 1. The maximum atomic E-state index is 12.6. The molecule has 0 aliphatic heterocycles. The molecule has 1 aromatic heterocycles. The summed E-state index contributed by atoms with van der Waals surface area (Å²) in [4.78, 5) is 24.5. The fraction of sp³-hybridized carbons (Fsp3) is 0.455. The summed E-state index contributed by atoms with van der Waals surface area (Å²) >= 11 is 0. The molecular weight excluding hydrogens is 344 g/mol. The van der Waals surface area contributed by atoms with Gasteiger partial charge in [-0.2, -0.15) is 0 Å². The van der Waals surface area contributed by atoms with E-state index in [1.54, 1.807) is 20.8 Å². The van der Waals surface area contributed by atoms with Gasteiger partial charge in [0, 0.05) is 18.4 Å². The summed E-state index contributed by atoms with van der Waals surface area (Å²) in [5.41, 5.74) is 0.223. The number of esters is 1. The lowest BCUT2D eigenvalue weighted by Crippen LogP contribution is -2.24. The van der Waals surface area contributed by atoms with Crippen molar-refractivity contribution in [1.82, 2.24) is 0 Å². The highest BCUT2D eigenvalue weighted by atomic mass is 16.6. The quantitative estimate of drug-likeness (QED) is 0.773. The smallest absolute Gasteiger partial charge is 0.343 e. The first-order chi connectivity index (χ1) is 12.7. The van der Waals surface area contributed by atoms with E-state index in [2.05, 4.69) is 0 Å². The van der Waals surface area contributed by atoms with Gasteiger partial charge >= 0.3 is 11.6 Å². The van der Waals surface area contributed by atoms with Crippen LogP contribution >= 0.6 is 0 Å². The van der Waals surface area contributed by atoms with E-state index in [1.165, 1.54) is 6.07 Å². The predicted molar refractivity (Wildman–Crippen MR) is 102 cm³/mol. The molecule has 1 aliphatic carbocycles. The highest BCUT2D eigenvalue weighted by Gasteiger charge is 2.37. The highest BCUT2D eigenvalue weighted by molar-refractivity contribution is 5.70. The van der Waals surface area contributed by atoms with E-state index in [0.717, 1.165) is 18.4 Å². The Balaban J connectivity index is 1.81. The monoisotopic (exact) mass is 370 g/mol. The minimum absolute atomic E-state index is 0.0637. The number of aryl methyl sites for hydroxylation is 1. The van der Waals surface area contributed by atoms with Gasteiger partial charge in [-0.3, -0.25) is 4.79 Å². The number of carbonyl (C=O) groups excluding carboxylic acids is 1. The second kappa shape index (κ2) is 7.59. The molecule has 1 fully saturated rings. The van der Waals surface area contributed by atoms with Gasteiger partial charge < -0.3 is 14.3 Å². The molecule has 2 aromatic rings. The number of ether oxygens (including phenoxy) is 1. The minimum Gasteiger partial charge on any atom is -0.507 e. The van der Waals surface area contributed by atoms with E-state index < -0.39 is 11.2 Å². The van der Waals surface area contributed by atoms with Gasteiger partial charge in [0.25, 0.3) is 0 Å². The van der Waals surface area contributed by atoms with Crippen LogP contribution < -0.4 is 5.63 Å². The molecule has 0 spiro atoms. The molecule has 1 saturated carbocycles. The Morgan fingerprint density at radius 2 is 1.93 bits per heavy atom. The van der Waals surface area contributed by atoms with Crippen LogP contribution in [0.3, 0.4) is 0 Å². The van der Waals surface area contributed by atoms with E-state index in [9.17, 15) is 14.7 Å². The predicted octanol–water partition coefficient (Wildman–Crippen LogP) is 4.16. The van der Waals surface area contributed by atoms with Gasteiger partial charge in [0.1, 0.15) is 17.1 Å². The van der Waals surface area contributed by atoms with Crippen molar-refractivity contribution in [3.05, 3.63) is 63.7 Å². The fourth-order valence-electron chi connectivity index (χ4n) is 3.33. The summed E-state index contributed by atoms with van der Waals surface area (Å²) in [5.74, 6) is 0.0333. The highest BCUT2D eigenvalue weighted by Crippen LogP contribution is 2.47. The zero-order valence-electron chi connectivity index (χ0n) is 16.0. The van der Waals surface area contributed by atoms with Gasteiger partial charge in [-0.1, -0.05) is 30.3 Å². The molecule has 144 valence electrons. The summed E-state index contributed by atoms with van der Waals surface area (Å²) < 4.78 is 10.7. The molecule has 1 heterocycles. The number of aromatic hydroxyl groups is 1. The molecule has 0 saturated heterocycles. The van der Waals surface area contributed by atoms with Crippen molar-refractivity contribution < 1.29 is 19.1 Å². The van der Waals surface area contributed by atoms with Crippen LogP contribution in [0.4, 0.5) is 0 Å². The largest absolute Gasteiger partial charge is 0.507 e. The van der Waals surface area contributed by atoms with Crippen molar-refractivity contribution >= 4 is 5.97 Å². The maximum absolute atomic E-state index is 12.6. The van der Waals surface area contributed by atoms with E-state index in [0.29, 0.717) is 11.5 Å². The van der Waals surface area contributed by atoms with E-state index >= 15 is 0 Å². The average Bonchev–Trinajstić information content (AvgIpc) is 3.40.